The van der Waals surface area contributed by atoms with Gasteiger partial charge in [0.25, 0.3) is 0 Å². The van der Waals surface area contributed by atoms with Gasteiger partial charge in [0.2, 0.25) is 0 Å². The number of ether oxygens (including phenoxy) is 2. The molecule has 0 amide bonds. The van der Waals surface area contributed by atoms with Crippen molar-refractivity contribution in [2.45, 2.75) is 69.9 Å². The SMILES string of the molecule is O=C(O)c1ccc(/N=C/CC(CC2CCC2)OCc2c(-c3ccccc3OC(F)(F)F)noc2C2CC2)c(F)c1. The molecular weight excluding hydrogens is 532 g/mol. The van der Waals surface area contributed by atoms with Gasteiger partial charge in [-0.2, -0.15) is 0 Å². The highest BCUT2D eigenvalue weighted by Gasteiger charge is 2.36. The van der Waals surface area contributed by atoms with Crippen molar-refractivity contribution in [3.05, 3.63) is 65.2 Å². The van der Waals surface area contributed by atoms with Crippen LogP contribution in [0.4, 0.5) is 23.2 Å². The van der Waals surface area contributed by atoms with Crippen LogP contribution in [0.25, 0.3) is 11.3 Å². The van der Waals surface area contributed by atoms with Crippen molar-refractivity contribution in [1.82, 2.24) is 5.16 Å². The zero-order valence-electron chi connectivity index (χ0n) is 21.5. The Morgan fingerprint density at radius 3 is 2.60 bits per heavy atom. The molecule has 0 radical (unpaired) electrons. The van der Waals surface area contributed by atoms with Crippen LogP contribution in [0.5, 0.6) is 5.75 Å². The van der Waals surface area contributed by atoms with Crippen LogP contribution in [-0.4, -0.2) is 34.9 Å². The van der Waals surface area contributed by atoms with E-state index in [1.807, 2.05) is 0 Å². The third kappa shape index (κ3) is 6.88. The lowest BCUT2D eigenvalue weighted by atomic mass is 9.81. The minimum absolute atomic E-state index is 0.0195. The van der Waals surface area contributed by atoms with Gasteiger partial charge in [-0.15, -0.1) is 13.2 Å². The summed E-state index contributed by atoms with van der Waals surface area (Å²) in [5, 5.41) is 13.1. The lowest BCUT2D eigenvalue weighted by molar-refractivity contribution is -0.274. The molecular formula is C29H28F4N2O5. The number of hydrogen-bond donors (Lipinski definition) is 1. The Morgan fingerprint density at radius 1 is 1.18 bits per heavy atom. The van der Waals surface area contributed by atoms with Gasteiger partial charge in [-0.05, 0) is 55.5 Å². The minimum Gasteiger partial charge on any atom is -0.478 e. The van der Waals surface area contributed by atoms with Crippen molar-refractivity contribution in [3.63, 3.8) is 0 Å². The van der Waals surface area contributed by atoms with E-state index < -0.39 is 18.1 Å². The summed E-state index contributed by atoms with van der Waals surface area (Å²) in [7, 11) is 0. The van der Waals surface area contributed by atoms with Crippen molar-refractivity contribution in [1.29, 1.82) is 0 Å². The molecule has 7 nitrogen and oxygen atoms in total. The molecule has 1 heterocycles. The normalized spacial score (nSPS) is 16.7. The second-order valence-corrected chi connectivity index (χ2v) is 10.2. The second-order valence-electron chi connectivity index (χ2n) is 10.2. The zero-order chi connectivity index (χ0) is 28.3. The fraction of sp³-hybridized carbons (Fsp3) is 0.414. The van der Waals surface area contributed by atoms with E-state index in [2.05, 4.69) is 14.9 Å². The minimum atomic E-state index is -4.86. The summed E-state index contributed by atoms with van der Waals surface area (Å²) in [5.41, 5.74) is 0.850. The number of aliphatic imine (C=N–C) groups is 1. The predicted molar refractivity (Wildman–Crippen MR) is 137 cm³/mol. The van der Waals surface area contributed by atoms with E-state index >= 15 is 0 Å². The van der Waals surface area contributed by atoms with E-state index in [0.717, 1.165) is 44.6 Å². The predicted octanol–water partition coefficient (Wildman–Crippen LogP) is 7.82. The molecule has 11 heteroatoms. The number of aromatic nitrogens is 1. The lowest BCUT2D eigenvalue weighted by Crippen LogP contribution is -2.22. The number of hydrogen-bond acceptors (Lipinski definition) is 6. The molecule has 0 spiro atoms. The maximum atomic E-state index is 14.3. The first-order valence-electron chi connectivity index (χ1n) is 13.2. The first-order valence-corrected chi connectivity index (χ1v) is 13.2. The number of benzene rings is 2. The molecule has 2 aromatic carbocycles. The Bertz CT molecular complexity index is 1380. The van der Waals surface area contributed by atoms with Gasteiger partial charge in [0, 0.05) is 29.7 Å². The van der Waals surface area contributed by atoms with Gasteiger partial charge in [0.1, 0.15) is 23.0 Å². The number of aromatic carboxylic acids is 1. The van der Waals surface area contributed by atoms with E-state index in [1.165, 1.54) is 30.3 Å². The van der Waals surface area contributed by atoms with Crippen LogP contribution >= 0.6 is 0 Å². The summed E-state index contributed by atoms with van der Waals surface area (Å²) < 4.78 is 69.7. The fourth-order valence-corrected chi connectivity index (χ4v) is 4.76. The number of carboxylic acid groups (broad SMARTS) is 1. The first-order chi connectivity index (χ1) is 19.2. The Balaban J connectivity index is 1.35. The molecule has 1 unspecified atom stereocenters. The van der Waals surface area contributed by atoms with E-state index in [9.17, 15) is 22.4 Å². The van der Waals surface area contributed by atoms with Crippen LogP contribution in [0.1, 0.15) is 72.5 Å². The van der Waals surface area contributed by atoms with Crippen LogP contribution in [-0.2, 0) is 11.3 Å². The highest BCUT2D eigenvalue weighted by molar-refractivity contribution is 5.88. The van der Waals surface area contributed by atoms with Crippen molar-refractivity contribution < 1.29 is 41.5 Å². The summed E-state index contributed by atoms with van der Waals surface area (Å²) in [5.74, 6) is -1.12. The van der Waals surface area contributed by atoms with Gasteiger partial charge in [-0.3, -0.25) is 4.99 Å². The van der Waals surface area contributed by atoms with Crippen LogP contribution in [0.3, 0.4) is 0 Å². The molecule has 5 rings (SSSR count). The molecule has 0 aliphatic heterocycles. The van der Waals surface area contributed by atoms with E-state index in [1.54, 1.807) is 12.3 Å². The quantitative estimate of drug-likeness (QED) is 0.179. The highest BCUT2D eigenvalue weighted by Crippen LogP contribution is 2.46. The summed E-state index contributed by atoms with van der Waals surface area (Å²) in [6.45, 7) is 0.0674. The highest BCUT2D eigenvalue weighted by atomic mass is 19.4. The molecule has 212 valence electrons. The van der Waals surface area contributed by atoms with Crippen LogP contribution in [0.2, 0.25) is 0 Å². The summed E-state index contributed by atoms with van der Waals surface area (Å²) in [4.78, 5) is 15.2. The number of rotatable bonds is 12. The average molecular weight is 561 g/mol. The largest absolute Gasteiger partial charge is 0.573 e. The first kappa shape index (κ1) is 27.8. The summed E-state index contributed by atoms with van der Waals surface area (Å²) >= 11 is 0. The van der Waals surface area contributed by atoms with Gasteiger partial charge < -0.3 is 19.1 Å². The fourth-order valence-electron chi connectivity index (χ4n) is 4.76. The van der Waals surface area contributed by atoms with Crippen LogP contribution in [0, 0.1) is 11.7 Å². The standard InChI is InChI=1S/C29H28F4N2O5/c30-23-15-19(28(36)37)10-11-24(23)34-13-12-20(14-17-4-3-5-17)38-16-22-26(35-40-27(22)18-8-9-18)21-6-1-2-7-25(21)39-29(31,32)33/h1-2,6-7,10-11,13,15,17-18,20H,3-5,8-9,12,14,16H2,(H,36,37)/b34-13+. The summed E-state index contributed by atoms with van der Waals surface area (Å²) in [6.07, 6.45) is 2.60. The molecule has 40 heavy (non-hydrogen) atoms. The van der Waals surface area contributed by atoms with Gasteiger partial charge in [-0.25, -0.2) is 9.18 Å². The third-order valence-electron chi connectivity index (χ3n) is 7.21. The number of nitrogens with zero attached hydrogens (tertiary/aromatic N) is 2. The third-order valence-corrected chi connectivity index (χ3v) is 7.21. The Labute approximate surface area is 227 Å². The van der Waals surface area contributed by atoms with Crippen LogP contribution < -0.4 is 4.74 Å². The summed E-state index contributed by atoms with van der Waals surface area (Å²) in [6, 6.07) is 9.31. The second kappa shape index (κ2) is 11.8. The van der Waals surface area contributed by atoms with Crippen LogP contribution in [0.15, 0.2) is 52.0 Å². The molecule has 2 saturated carbocycles. The molecule has 1 aromatic heterocycles. The van der Waals surface area contributed by atoms with Gasteiger partial charge in [0.15, 0.2) is 0 Å². The number of carboxylic acids is 1. The number of alkyl halides is 3. The Kier molecular flexibility index (Phi) is 8.20. The van der Waals surface area contributed by atoms with Gasteiger partial charge >= 0.3 is 12.3 Å². The topological polar surface area (TPSA) is 94.2 Å². The lowest BCUT2D eigenvalue weighted by Gasteiger charge is -2.29. The van der Waals surface area contributed by atoms with E-state index in [4.69, 9.17) is 14.4 Å². The molecule has 2 aliphatic rings. The maximum absolute atomic E-state index is 14.3. The molecule has 2 fully saturated rings. The monoisotopic (exact) mass is 560 g/mol. The number of halogens is 4. The molecule has 1 atom stereocenters. The van der Waals surface area contributed by atoms with E-state index in [0.29, 0.717) is 23.7 Å². The molecule has 0 bridgehead atoms. The molecule has 2 aliphatic carbocycles. The molecule has 1 N–H and O–H groups in total. The van der Waals surface area contributed by atoms with Crippen molar-refractivity contribution in [2.24, 2.45) is 10.9 Å². The van der Waals surface area contributed by atoms with Crippen molar-refractivity contribution >= 4 is 17.9 Å². The Morgan fingerprint density at radius 2 is 1.95 bits per heavy atom. The van der Waals surface area contributed by atoms with Crippen molar-refractivity contribution in [2.75, 3.05) is 0 Å². The molecule has 0 saturated heterocycles. The Hall–Kier alpha value is -3.73. The van der Waals surface area contributed by atoms with Gasteiger partial charge in [0.05, 0.1) is 24.0 Å². The van der Waals surface area contributed by atoms with Gasteiger partial charge in [-0.1, -0.05) is 36.6 Å². The number of carbonyl (C=O) groups is 1. The smallest absolute Gasteiger partial charge is 0.478 e. The van der Waals surface area contributed by atoms with E-state index in [-0.39, 0.29) is 46.9 Å². The molecule has 3 aromatic rings. The average Bonchev–Trinajstić information content (AvgIpc) is 3.63. The zero-order valence-corrected chi connectivity index (χ0v) is 21.5. The number of para-hydroxylation sites is 1. The van der Waals surface area contributed by atoms with Crippen molar-refractivity contribution in [3.8, 4) is 17.0 Å². The maximum Gasteiger partial charge on any atom is 0.573 e.